The molecule has 0 aliphatic rings. The zero-order valence-electron chi connectivity index (χ0n) is 10.1. The molecule has 2 aromatic heterocycles. The number of aromatic carboxylic acids is 1. The number of aromatic nitrogens is 4. The van der Waals surface area contributed by atoms with E-state index >= 15 is 0 Å². The fourth-order valence-corrected chi connectivity index (χ4v) is 1.63. The second kappa shape index (κ2) is 4.88. The Morgan fingerprint density at radius 3 is 2.40 bits per heavy atom. The zero-order chi connectivity index (χ0) is 13.9. The second-order valence-corrected chi connectivity index (χ2v) is 3.93. The SMILES string of the molecule is O=C(O)c1ccc(-c2noc(-c3cncnc3)n2)cc1. The monoisotopic (exact) mass is 268 g/mol. The molecule has 3 aromatic rings. The van der Waals surface area contributed by atoms with Crippen LogP contribution in [0.2, 0.25) is 0 Å². The van der Waals surface area contributed by atoms with Gasteiger partial charge in [0.15, 0.2) is 0 Å². The minimum Gasteiger partial charge on any atom is -0.478 e. The van der Waals surface area contributed by atoms with E-state index in [9.17, 15) is 4.79 Å². The molecule has 3 rings (SSSR count). The van der Waals surface area contributed by atoms with Crippen molar-refractivity contribution >= 4 is 5.97 Å². The van der Waals surface area contributed by atoms with E-state index in [0.717, 1.165) is 0 Å². The first-order valence-corrected chi connectivity index (χ1v) is 5.67. The summed E-state index contributed by atoms with van der Waals surface area (Å²) in [7, 11) is 0. The lowest BCUT2D eigenvalue weighted by Gasteiger charge is -1.95. The summed E-state index contributed by atoms with van der Waals surface area (Å²) in [6, 6.07) is 6.22. The molecule has 7 heteroatoms. The van der Waals surface area contributed by atoms with Gasteiger partial charge < -0.3 is 9.63 Å². The summed E-state index contributed by atoms with van der Waals surface area (Å²) in [6.45, 7) is 0. The van der Waals surface area contributed by atoms with Gasteiger partial charge in [-0.3, -0.25) is 0 Å². The summed E-state index contributed by atoms with van der Waals surface area (Å²) in [6.07, 6.45) is 4.54. The van der Waals surface area contributed by atoms with Crippen molar-refractivity contribution in [1.29, 1.82) is 0 Å². The lowest BCUT2D eigenvalue weighted by atomic mass is 10.1. The van der Waals surface area contributed by atoms with Crippen LogP contribution in [0.3, 0.4) is 0 Å². The minimum absolute atomic E-state index is 0.203. The van der Waals surface area contributed by atoms with Gasteiger partial charge in [0, 0.05) is 18.0 Å². The summed E-state index contributed by atoms with van der Waals surface area (Å²) in [5.41, 5.74) is 1.49. The Kier molecular flexibility index (Phi) is 2.92. The van der Waals surface area contributed by atoms with Gasteiger partial charge in [-0.2, -0.15) is 4.98 Å². The number of rotatable bonds is 3. The highest BCUT2D eigenvalue weighted by atomic mass is 16.5. The third-order valence-corrected chi connectivity index (χ3v) is 2.62. The smallest absolute Gasteiger partial charge is 0.335 e. The Bertz CT molecular complexity index is 738. The van der Waals surface area contributed by atoms with E-state index in [-0.39, 0.29) is 5.56 Å². The van der Waals surface area contributed by atoms with E-state index in [2.05, 4.69) is 20.1 Å². The molecule has 0 unspecified atom stereocenters. The van der Waals surface area contributed by atoms with Crippen molar-refractivity contribution in [3.05, 3.63) is 48.5 Å². The zero-order valence-corrected chi connectivity index (χ0v) is 10.1. The van der Waals surface area contributed by atoms with Gasteiger partial charge in [-0.15, -0.1) is 0 Å². The topological polar surface area (TPSA) is 102 Å². The van der Waals surface area contributed by atoms with Gasteiger partial charge in [0.25, 0.3) is 5.89 Å². The van der Waals surface area contributed by atoms with Crippen LogP contribution in [-0.2, 0) is 0 Å². The van der Waals surface area contributed by atoms with Crippen LogP contribution in [-0.4, -0.2) is 31.2 Å². The Labute approximate surface area is 112 Å². The average molecular weight is 268 g/mol. The predicted octanol–water partition coefficient (Wildman–Crippen LogP) is 1.89. The second-order valence-electron chi connectivity index (χ2n) is 3.93. The molecule has 0 aliphatic carbocycles. The first kappa shape index (κ1) is 12.0. The Morgan fingerprint density at radius 2 is 1.75 bits per heavy atom. The van der Waals surface area contributed by atoms with Gasteiger partial charge in [-0.05, 0) is 12.1 Å². The van der Waals surface area contributed by atoms with Gasteiger partial charge in [0.1, 0.15) is 6.33 Å². The molecule has 0 bridgehead atoms. The molecule has 0 amide bonds. The Hall–Kier alpha value is -3.09. The number of hydrogen-bond acceptors (Lipinski definition) is 6. The fourth-order valence-electron chi connectivity index (χ4n) is 1.63. The standard InChI is InChI=1S/C13H8N4O3/c18-13(19)9-3-1-8(2-4-9)11-16-12(20-17-11)10-5-14-7-15-6-10/h1-7H,(H,18,19). The highest BCUT2D eigenvalue weighted by Gasteiger charge is 2.11. The van der Waals surface area contributed by atoms with Gasteiger partial charge in [0.05, 0.1) is 11.1 Å². The largest absolute Gasteiger partial charge is 0.478 e. The number of nitrogens with zero attached hydrogens (tertiary/aromatic N) is 4. The van der Waals surface area contributed by atoms with Gasteiger partial charge in [0.2, 0.25) is 5.82 Å². The number of hydrogen-bond donors (Lipinski definition) is 1. The molecule has 0 radical (unpaired) electrons. The summed E-state index contributed by atoms with van der Waals surface area (Å²) < 4.78 is 5.13. The number of carbonyl (C=O) groups is 1. The van der Waals surface area contributed by atoms with Gasteiger partial charge >= 0.3 is 5.97 Å². The van der Waals surface area contributed by atoms with Crippen molar-refractivity contribution in [1.82, 2.24) is 20.1 Å². The maximum absolute atomic E-state index is 10.8. The van der Waals surface area contributed by atoms with Gasteiger partial charge in [-0.1, -0.05) is 17.3 Å². The maximum Gasteiger partial charge on any atom is 0.335 e. The van der Waals surface area contributed by atoms with Gasteiger partial charge in [-0.25, -0.2) is 14.8 Å². The number of benzene rings is 1. The minimum atomic E-state index is -0.980. The third kappa shape index (κ3) is 2.24. The molecule has 0 atom stereocenters. The Balaban J connectivity index is 1.92. The molecule has 0 saturated carbocycles. The summed E-state index contributed by atoms with van der Waals surface area (Å²) in [5.74, 6) is -0.296. The van der Waals surface area contributed by atoms with Crippen LogP contribution in [0.5, 0.6) is 0 Å². The lowest BCUT2D eigenvalue weighted by molar-refractivity contribution is 0.0697. The predicted molar refractivity (Wildman–Crippen MR) is 67.7 cm³/mol. The average Bonchev–Trinajstić information content (AvgIpc) is 2.98. The first-order chi connectivity index (χ1) is 9.74. The van der Waals surface area contributed by atoms with E-state index in [1.54, 1.807) is 24.5 Å². The normalized spacial score (nSPS) is 10.4. The van der Waals surface area contributed by atoms with Crippen LogP contribution in [0, 0.1) is 0 Å². The molecular weight excluding hydrogens is 260 g/mol. The molecule has 0 aliphatic heterocycles. The van der Waals surface area contributed by atoms with Crippen molar-refractivity contribution in [2.75, 3.05) is 0 Å². The van der Waals surface area contributed by atoms with E-state index in [1.165, 1.54) is 18.5 Å². The van der Waals surface area contributed by atoms with E-state index in [4.69, 9.17) is 9.63 Å². The number of carboxylic acid groups (broad SMARTS) is 1. The quantitative estimate of drug-likeness (QED) is 0.773. The maximum atomic E-state index is 10.8. The molecule has 0 fully saturated rings. The van der Waals surface area contributed by atoms with Crippen molar-refractivity contribution in [2.45, 2.75) is 0 Å². The third-order valence-electron chi connectivity index (χ3n) is 2.62. The molecule has 1 aromatic carbocycles. The first-order valence-electron chi connectivity index (χ1n) is 5.67. The summed E-state index contributed by atoms with van der Waals surface area (Å²) in [4.78, 5) is 22.7. The lowest BCUT2D eigenvalue weighted by Crippen LogP contribution is -1.95. The van der Waals surface area contributed by atoms with Crippen LogP contribution < -0.4 is 0 Å². The molecule has 7 nitrogen and oxygen atoms in total. The molecule has 2 heterocycles. The molecule has 0 saturated heterocycles. The molecule has 1 N–H and O–H groups in total. The summed E-state index contributed by atoms with van der Waals surface area (Å²) >= 11 is 0. The van der Waals surface area contributed by atoms with Crippen molar-refractivity contribution in [3.8, 4) is 22.8 Å². The van der Waals surface area contributed by atoms with Crippen molar-refractivity contribution in [3.63, 3.8) is 0 Å². The van der Waals surface area contributed by atoms with Crippen LogP contribution in [0.25, 0.3) is 22.8 Å². The van der Waals surface area contributed by atoms with E-state index in [1.807, 2.05) is 0 Å². The van der Waals surface area contributed by atoms with Crippen molar-refractivity contribution < 1.29 is 14.4 Å². The summed E-state index contributed by atoms with van der Waals surface area (Å²) in [5, 5.41) is 12.7. The number of carboxylic acids is 1. The molecule has 0 spiro atoms. The van der Waals surface area contributed by atoms with Crippen LogP contribution in [0.15, 0.2) is 47.5 Å². The van der Waals surface area contributed by atoms with Crippen molar-refractivity contribution in [2.24, 2.45) is 0 Å². The molecule has 98 valence electrons. The highest BCUT2D eigenvalue weighted by molar-refractivity contribution is 5.88. The van der Waals surface area contributed by atoms with E-state index in [0.29, 0.717) is 22.8 Å². The molecule has 20 heavy (non-hydrogen) atoms. The van der Waals surface area contributed by atoms with Crippen LogP contribution in [0.1, 0.15) is 10.4 Å². The highest BCUT2D eigenvalue weighted by Crippen LogP contribution is 2.21. The van der Waals surface area contributed by atoms with Crippen LogP contribution in [0.4, 0.5) is 0 Å². The van der Waals surface area contributed by atoms with Crippen LogP contribution >= 0.6 is 0 Å². The van der Waals surface area contributed by atoms with E-state index < -0.39 is 5.97 Å². The molecular formula is C13H8N4O3. The fraction of sp³-hybridized carbons (Fsp3) is 0. The Morgan fingerprint density at radius 1 is 1.05 bits per heavy atom.